The minimum Gasteiger partial charge on any atom is -0.299 e. The molecule has 0 spiro atoms. The fraction of sp³-hybridized carbons (Fsp3) is 0.400. The lowest BCUT2D eigenvalue weighted by Gasteiger charge is -2.08. The molecule has 0 N–H and O–H groups in total. The first-order chi connectivity index (χ1) is 9.54. The number of nitrogens with zero attached hydrogens (tertiary/aromatic N) is 3. The van der Waals surface area contributed by atoms with Crippen LogP contribution >= 0.6 is 15.9 Å². The van der Waals surface area contributed by atoms with Gasteiger partial charge < -0.3 is 0 Å². The lowest BCUT2D eigenvalue weighted by Crippen LogP contribution is -2.15. The van der Waals surface area contributed by atoms with Crippen LogP contribution in [0.3, 0.4) is 0 Å². The molecule has 5 heteroatoms. The predicted octanol–water partition coefficient (Wildman–Crippen LogP) is 3.05. The van der Waals surface area contributed by atoms with E-state index in [4.69, 9.17) is 0 Å². The lowest BCUT2D eigenvalue weighted by molar-refractivity contribution is -0.117. The van der Waals surface area contributed by atoms with Crippen molar-refractivity contribution < 1.29 is 4.79 Å². The number of carbonyl (C=O) groups is 1. The molecule has 0 fully saturated rings. The van der Waals surface area contributed by atoms with E-state index in [1.54, 1.807) is 0 Å². The summed E-state index contributed by atoms with van der Waals surface area (Å²) in [7, 11) is 0. The van der Waals surface area contributed by atoms with Crippen molar-refractivity contribution in [3.63, 3.8) is 0 Å². The molecule has 0 unspecified atom stereocenters. The zero-order valence-electron chi connectivity index (χ0n) is 11.7. The minimum absolute atomic E-state index is 0.158. The first-order valence-electron chi connectivity index (χ1n) is 6.67. The van der Waals surface area contributed by atoms with Crippen molar-refractivity contribution in [2.75, 3.05) is 0 Å². The second-order valence-corrected chi connectivity index (χ2v) is 6.19. The molecule has 0 radical (unpaired) electrons. The molecule has 0 aliphatic rings. The fourth-order valence-electron chi connectivity index (χ4n) is 1.99. The number of hydrogen-bond donors (Lipinski definition) is 0. The van der Waals surface area contributed by atoms with Crippen LogP contribution in [0.4, 0.5) is 0 Å². The van der Waals surface area contributed by atoms with E-state index in [1.165, 1.54) is 6.33 Å². The Balaban J connectivity index is 1.98. The van der Waals surface area contributed by atoms with Gasteiger partial charge in [-0.25, -0.2) is 9.67 Å². The van der Waals surface area contributed by atoms with E-state index in [9.17, 15) is 4.79 Å². The van der Waals surface area contributed by atoms with Crippen LogP contribution in [0.5, 0.6) is 0 Å². The van der Waals surface area contributed by atoms with Gasteiger partial charge in [0.1, 0.15) is 17.9 Å². The zero-order chi connectivity index (χ0) is 14.5. The van der Waals surface area contributed by atoms with E-state index in [2.05, 4.69) is 39.9 Å². The lowest BCUT2D eigenvalue weighted by atomic mass is 10.1. The number of hydrogen-bond acceptors (Lipinski definition) is 3. The first-order valence-corrected chi connectivity index (χ1v) is 7.46. The molecule has 0 atom stereocenters. The van der Waals surface area contributed by atoms with Gasteiger partial charge in [-0.05, 0) is 23.6 Å². The molecule has 4 nitrogen and oxygen atoms in total. The normalized spacial score (nSPS) is 11.0. The number of halogens is 1. The van der Waals surface area contributed by atoms with Crippen molar-refractivity contribution in [1.29, 1.82) is 0 Å². The molecule has 1 heterocycles. The molecule has 0 saturated carbocycles. The summed E-state index contributed by atoms with van der Waals surface area (Å²) < 4.78 is 2.84. The number of rotatable bonds is 6. The van der Waals surface area contributed by atoms with Crippen LogP contribution < -0.4 is 0 Å². The van der Waals surface area contributed by atoms with E-state index in [0.29, 0.717) is 18.8 Å². The Morgan fingerprint density at radius 2 is 1.95 bits per heavy atom. The van der Waals surface area contributed by atoms with Gasteiger partial charge >= 0.3 is 0 Å². The van der Waals surface area contributed by atoms with Crippen molar-refractivity contribution in [3.8, 4) is 0 Å². The third-order valence-electron chi connectivity index (χ3n) is 2.90. The van der Waals surface area contributed by atoms with Crippen LogP contribution in [0.15, 0.2) is 35.1 Å². The van der Waals surface area contributed by atoms with Gasteiger partial charge in [0.25, 0.3) is 0 Å². The van der Waals surface area contributed by atoms with Crippen molar-refractivity contribution >= 4 is 21.7 Å². The number of carbonyl (C=O) groups excluding carboxylic acids is 1. The van der Waals surface area contributed by atoms with Crippen LogP contribution in [0.25, 0.3) is 0 Å². The Bertz CT molecular complexity index is 575. The third kappa shape index (κ3) is 4.27. The maximum atomic E-state index is 12.1. The summed E-state index contributed by atoms with van der Waals surface area (Å²) >= 11 is 3.39. The van der Waals surface area contributed by atoms with Gasteiger partial charge in [-0.2, -0.15) is 5.10 Å². The number of Topliss-reactive ketones (excluding diaryl/α,β-unsaturated/α-hetero) is 1. The summed E-state index contributed by atoms with van der Waals surface area (Å²) in [6.07, 6.45) is 2.29. The molecule has 0 bridgehead atoms. The fourth-order valence-corrected chi connectivity index (χ4v) is 2.26. The van der Waals surface area contributed by atoms with E-state index < -0.39 is 0 Å². The smallest absolute Gasteiger partial charge is 0.144 e. The van der Waals surface area contributed by atoms with Crippen molar-refractivity contribution in [1.82, 2.24) is 14.8 Å². The van der Waals surface area contributed by atoms with E-state index >= 15 is 0 Å². The third-order valence-corrected chi connectivity index (χ3v) is 3.43. The van der Waals surface area contributed by atoms with Crippen LogP contribution in [0, 0.1) is 5.92 Å². The van der Waals surface area contributed by atoms with Gasteiger partial charge in [0.05, 0.1) is 6.42 Å². The summed E-state index contributed by atoms with van der Waals surface area (Å²) in [6.45, 7) is 5.03. The van der Waals surface area contributed by atoms with Crippen molar-refractivity contribution in [3.05, 3.63) is 46.5 Å². The zero-order valence-corrected chi connectivity index (χ0v) is 13.3. The van der Waals surface area contributed by atoms with E-state index in [1.807, 2.05) is 28.9 Å². The van der Waals surface area contributed by atoms with Gasteiger partial charge in [0.15, 0.2) is 0 Å². The second kappa shape index (κ2) is 6.79. The Kier molecular flexibility index (Phi) is 5.06. The molecule has 1 aromatic carbocycles. The highest BCUT2D eigenvalue weighted by Gasteiger charge is 2.11. The molecular weight excluding hydrogens is 318 g/mol. The number of ketones is 1. The molecule has 0 aliphatic heterocycles. The summed E-state index contributed by atoms with van der Waals surface area (Å²) in [5, 5.41) is 4.18. The Morgan fingerprint density at radius 1 is 1.25 bits per heavy atom. The largest absolute Gasteiger partial charge is 0.299 e. The van der Waals surface area contributed by atoms with Crippen LogP contribution in [0.2, 0.25) is 0 Å². The van der Waals surface area contributed by atoms with E-state index in [0.717, 1.165) is 22.4 Å². The van der Waals surface area contributed by atoms with Crippen molar-refractivity contribution in [2.24, 2.45) is 5.92 Å². The summed E-state index contributed by atoms with van der Waals surface area (Å²) in [5.74, 6) is 1.39. The quantitative estimate of drug-likeness (QED) is 0.815. The standard InChI is InChI=1S/C15H18BrN3O/c1-11(2)9-19-15(17-10-18-19)8-14(20)7-12-3-5-13(16)6-4-12/h3-6,10-11H,7-9H2,1-2H3. The van der Waals surface area contributed by atoms with Crippen molar-refractivity contribution in [2.45, 2.75) is 33.2 Å². The maximum Gasteiger partial charge on any atom is 0.144 e. The minimum atomic E-state index is 0.158. The predicted molar refractivity (Wildman–Crippen MR) is 81.4 cm³/mol. The molecule has 0 amide bonds. The van der Waals surface area contributed by atoms with Gasteiger partial charge in [0, 0.05) is 17.4 Å². The van der Waals surface area contributed by atoms with Crippen LogP contribution in [0.1, 0.15) is 25.2 Å². The molecule has 0 saturated heterocycles. The Hall–Kier alpha value is -1.49. The van der Waals surface area contributed by atoms with Gasteiger partial charge in [0.2, 0.25) is 0 Å². The Labute approximate surface area is 127 Å². The molecular formula is C15H18BrN3O. The van der Waals surface area contributed by atoms with Gasteiger partial charge in [-0.1, -0.05) is 41.9 Å². The Morgan fingerprint density at radius 3 is 2.60 bits per heavy atom. The second-order valence-electron chi connectivity index (χ2n) is 5.27. The molecule has 2 aromatic rings. The SMILES string of the molecule is CC(C)Cn1ncnc1CC(=O)Cc1ccc(Br)cc1. The molecule has 0 aliphatic carbocycles. The molecule has 106 valence electrons. The van der Waals surface area contributed by atoms with E-state index in [-0.39, 0.29) is 5.78 Å². The average Bonchev–Trinajstić information content (AvgIpc) is 2.78. The molecule has 1 aromatic heterocycles. The maximum absolute atomic E-state index is 12.1. The highest BCUT2D eigenvalue weighted by atomic mass is 79.9. The molecule has 20 heavy (non-hydrogen) atoms. The highest BCUT2D eigenvalue weighted by Crippen LogP contribution is 2.12. The van der Waals surface area contributed by atoms with Gasteiger partial charge in [-0.3, -0.25) is 4.79 Å². The monoisotopic (exact) mass is 335 g/mol. The van der Waals surface area contributed by atoms with Crippen LogP contribution in [-0.4, -0.2) is 20.5 Å². The van der Waals surface area contributed by atoms with Gasteiger partial charge in [-0.15, -0.1) is 0 Å². The first kappa shape index (κ1) is 14.9. The summed E-state index contributed by atoms with van der Waals surface area (Å²) in [6, 6.07) is 7.81. The number of benzene rings is 1. The average molecular weight is 336 g/mol. The molecule has 2 rings (SSSR count). The summed E-state index contributed by atoms with van der Waals surface area (Å²) in [5.41, 5.74) is 1.02. The topological polar surface area (TPSA) is 47.8 Å². The number of aromatic nitrogens is 3. The highest BCUT2D eigenvalue weighted by molar-refractivity contribution is 9.10. The summed E-state index contributed by atoms with van der Waals surface area (Å²) in [4.78, 5) is 16.3. The van der Waals surface area contributed by atoms with Crippen LogP contribution in [-0.2, 0) is 24.2 Å².